The predicted octanol–water partition coefficient (Wildman–Crippen LogP) is 2.89. The Balaban J connectivity index is 3.25. The van der Waals surface area contributed by atoms with Gasteiger partial charge in [-0.1, -0.05) is 12.1 Å². The minimum Gasteiger partial charge on any atom is -0.142 e. The quantitative estimate of drug-likeness (QED) is 0.531. The minimum absolute atomic E-state index is 1.07. The molecular formula is C7H7IS. The van der Waals surface area contributed by atoms with Crippen LogP contribution in [0.25, 0.3) is 0 Å². The van der Waals surface area contributed by atoms with Crippen molar-refractivity contribution < 1.29 is 0 Å². The van der Waals surface area contributed by atoms with Gasteiger partial charge >= 0.3 is 0 Å². The van der Waals surface area contributed by atoms with E-state index in [0.717, 1.165) is 4.90 Å². The zero-order chi connectivity index (χ0) is 6.85. The summed E-state index contributed by atoms with van der Waals surface area (Å²) in [6, 6.07) is 6.10. The molecule has 0 fully saturated rings. The molecule has 0 saturated carbocycles. The van der Waals surface area contributed by atoms with E-state index in [0.29, 0.717) is 0 Å². The molecule has 1 rings (SSSR count). The van der Waals surface area contributed by atoms with Crippen molar-refractivity contribution in [1.82, 2.24) is 0 Å². The van der Waals surface area contributed by atoms with Gasteiger partial charge in [0.2, 0.25) is 0 Å². The zero-order valence-electron chi connectivity index (χ0n) is 5.06. The molecule has 0 saturated heterocycles. The molecule has 0 radical (unpaired) electrons. The Kier molecular flexibility index (Phi) is 2.41. The highest BCUT2D eigenvalue weighted by molar-refractivity contribution is 14.1. The lowest BCUT2D eigenvalue weighted by Crippen LogP contribution is -1.79. The molecule has 1 aromatic carbocycles. The molecule has 0 N–H and O–H groups in total. The van der Waals surface area contributed by atoms with E-state index in [4.69, 9.17) is 0 Å². The van der Waals surface area contributed by atoms with Crippen LogP contribution < -0.4 is 0 Å². The Bertz CT molecular complexity index is 200. The van der Waals surface area contributed by atoms with Gasteiger partial charge in [-0.3, -0.25) is 0 Å². The van der Waals surface area contributed by atoms with E-state index in [1.807, 2.05) is 12.1 Å². The van der Waals surface area contributed by atoms with Crippen LogP contribution in [0.5, 0.6) is 0 Å². The molecule has 0 spiro atoms. The van der Waals surface area contributed by atoms with E-state index in [9.17, 15) is 0 Å². The van der Waals surface area contributed by atoms with E-state index in [2.05, 4.69) is 48.2 Å². The molecule has 48 valence electrons. The molecule has 0 bridgehead atoms. The Labute approximate surface area is 74.2 Å². The first-order chi connectivity index (χ1) is 4.22. The summed E-state index contributed by atoms with van der Waals surface area (Å²) in [5, 5.41) is 0. The predicted molar refractivity (Wildman–Crippen MR) is 51.1 cm³/mol. The first-order valence-corrected chi connectivity index (χ1v) is 4.18. The second-order valence-electron chi connectivity index (χ2n) is 1.91. The Morgan fingerprint density at radius 2 is 2.11 bits per heavy atom. The van der Waals surface area contributed by atoms with E-state index >= 15 is 0 Å². The van der Waals surface area contributed by atoms with Crippen LogP contribution in [-0.4, -0.2) is 0 Å². The Morgan fingerprint density at radius 3 is 2.56 bits per heavy atom. The fourth-order valence-corrected chi connectivity index (χ4v) is 1.25. The average molecular weight is 250 g/mol. The summed E-state index contributed by atoms with van der Waals surface area (Å²) in [5.74, 6) is 0. The van der Waals surface area contributed by atoms with Crippen molar-refractivity contribution in [1.29, 1.82) is 0 Å². The van der Waals surface area contributed by atoms with Crippen LogP contribution in [0.4, 0.5) is 0 Å². The third-order valence-corrected chi connectivity index (χ3v) is 3.40. The maximum absolute atomic E-state index is 4.26. The monoisotopic (exact) mass is 250 g/mol. The van der Waals surface area contributed by atoms with Gasteiger partial charge in [0.05, 0.1) is 0 Å². The third-order valence-electron chi connectivity index (χ3n) is 1.17. The van der Waals surface area contributed by atoms with Crippen molar-refractivity contribution in [2.24, 2.45) is 0 Å². The van der Waals surface area contributed by atoms with Gasteiger partial charge in [-0.2, -0.15) is 0 Å². The Morgan fingerprint density at radius 1 is 1.44 bits per heavy atom. The van der Waals surface area contributed by atoms with Gasteiger partial charge in [-0.25, -0.2) is 0 Å². The molecule has 0 heterocycles. The SMILES string of the molecule is Cc1cccc(S)c1I. The molecule has 0 amide bonds. The highest BCUT2D eigenvalue weighted by Gasteiger charge is 1.94. The van der Waals surface area contributed by atoms with Gasteiger partial charge < -0.3 is 0 Å². The molecule has 0 aliphatic heterocycles. The van der Waals surface area contributed by atoms with Crippen molar-refractivity contribution in [3.8, 4) is 0 Å². The summed E-state index contributed by atoms with van der Waals surface area (Å²) >= 11 is 6.55. The maximum Gasteiger partial charge on any atom is 0.0292 e. The van der Waals surface area contributed by atoms with Crippen molar-refractivity contribution in [2.45, 2.75) is 11.8 Å². The fraction of sp³-hybridized carbons (Fsp3) is 0.143. The van der Waals surface area contributed by atoms with Crippen molar-refractivity contribution in [2.75, 3.05) is 0 Å². The highest BCUT2D eigenvalue weighted by atomic mass is 127. The van der Waals surface area contributed by atoms with Crippen LogP contribution in [0.1, 0.15) is 5.56 Å². The first kappa shape index (κ1) is 7.41. The molecule has 0 atom stereocenters. The molecule has 0 aromatic heterocycles. The number of benzene rings is 1. The van der Waals surface area contributed by atoms with Gasteiger partial charge in [0.25, 0.3) is 0 Å². The lowest BCUT2D eigenvalue weighted by molar-refractivity contribution is 1.31. The first-order valence-electron chi connectivity index (χ1n) is 2.66. The molecule has 1 aromatic rings. The molecule has 0 aliphatic carbocycles. The molecule has 2 heteroatoms. The lowest BCUT2D eigenvalue weighted by Gasteiger charge is -1.98. The molecule has 0 nitrogen and oxygen atoms in total. The average Bonchev–Trinajstić information content (AvgIpc) is 1.83. The second kappa shape index (κ2) is 2.92. The normalized spacial score (nSPS) is 9.67. The van der Waals surface area contributed by atoms with Crippen LogP contribution in [0.15, 0.2) is 23.1 Å². The summed E-state index contributed by atoms with van der Waals surface area (Å²) in [6.07, 6.45) is 0. The fourth-order valence-electron chi connectivity index (χ4n) is 0.632. The van der Waals surface area contributed by atoms with Crippen LogP contribution in [0.2, 0.25) is 0 Å². The van der Waals surface area contributed by atoms with Crippen LogP contribution >= 0.6 is 35.2 Å². The summed E-state index contributed by atoms with van der Waals surface area (Å²) in [4.78, 5) is 1.07. The summed E-state index contributed by atoms with van der Waals surface area (Å²) in [7, 11) is 0. The lowest BCUT2D eigenvalue weighted by atomic mass is 10.2. The smallest absolute Gasteiger partial charge is 0.0292 e. The summed E-state index contributed by atoms with van der Waals surface area (Å²) in [6.45, 7) is 2.08. The van der Waals surface area contributed by atoms with Crippen LogP contribution in [0.3, 0.4) is 0 Å². The number of thiol groups is 1. The molecule has 0 unspecified atom stereocenters. The molecular weight excluding hydrogens is 243 g/mol. The van der Waals surface area contributed by atoms with Crippen molar-refractivity contribution >= 4 is 35.2 Å². The minimum atomic E-state index is 1.07. The van der Waals surface area contributed by atoms with Gasteiger partial charge in [0.15, 0.2) is 0 Å². The maximum atomic E-state index is 4.26. The highest BCUT2D eigenvalue weighted by Crippen LogP contribution is 2.18. The van der Waals surface area contributed by atoms with Gasteiger partial charge in [-0.05, 0) is 41.1 Å². The Hall–Kier alpha value is 0.300. The summed E-state index contributed by atoms with van der Waals surface area (Å²) in [5.41, 5.74) is 1.29. The number of halogens is 1. The number of hydrogen-bond acceptors (Lipinski definition) is 1. The van der Waals surface area contributed by atoms with Crippen molar-refractivity contribution in [3.05, 3.63) is 27.3 Å². The van der Waals surface area contributed by atoms with Gasteiger partial charge in [0.1, 0.15) is 0 Å². The van der Waals surface area contributed by atoms with Crippen LogP contribution in [-0.2, 0) is 0 Å². The zero-order valence-corrected chi connectivity index (χ0v) is 8.11. The molecule has 9 heavy (non-hydrogen) atoms. The van der Waals surface area contributed by atoms with Gasteiger partial charge in [-0.15, -0.1) is 12.6 Å². The largest absolute Gasteiger partial charge is 0.142 e. The van der Waals surface area contributed by atoms with Crippen molar-refractivity contribution in [3.63, 3.8) is 0 Å². The third kappa shape index (κ3) is 1.61. The van der Waals surface area contributed by atoms with Gasteiger partial charge in [0, 0.05) is 8.47 Å². The van der Waals surface area contributed by atoms with E-state index in [1.54, 1.807) is 0 Å². The van der Waals surface area contributed by atoms with E-state index in [-0.39, 0.29) is 0 Å². The summed E-state index contributed by atoms with van der Waals surface area (Å²) < 4.78 is 1.25. The number of hydrogen-bond donors (Lipinski definition) is 1. The topological polar surface area (TPSA) is 0 Å². The van der Waals surface area contributed by atoms with Crippen LogP contribution in [0, 0.1) is 10.5 Å². The standard InChI is InChI=1S/C7H7IS/c1-5-3-2-4-6(9)7(5)8/h2-4,9H,1H3. The number of aryl methyl sites for hydroxylation is 1. The second-order valence-corrected chi connectivity index (χ2v) is 3.47. The van der Waals surface area contributed by atoms with E-state index < -0.39 is 0 Å². The van der Waals surface area contributed by atoms with E-state index in [1.165, 1.54) is 9.13 Å². The number of rotatable bonds is 0. The molecule has 0 aliphatic rings.